The van der Waals surface area contributed by atoms with Gasteiger partial charge in [0, 0.05) is 0 Å². The van der Waals surface area contributed by atoms with E-state index in [2.05, 4.69) is 5.32 Å². The summed E-state index contributed by atoms with van der Waals surface area (Å²) in [6.07, 6.45) is -5.67. The van der Waals surface area contributed by atoms with Crippen molar-refractivity contribution in [1.82, 2.24) is 5.32 Å². The van der Waals surface area contributed by atoms with Gasteiger partial charge in [-0.1, -0.05) is 89.4 Å². The van der Waals surface area contributed by atoms with E-state index in [1.807, 2.05) is 0 Å². The van der Waals surface area contributed by atoms with E-state index in [9.17, 15) is 19.2 Å². The molecular weight excluding hydrogens is 585 g/mol. The van der Waals surface area contributed by atoms with Gasteiger partial charge in [-0.15, -0.1) is 0 Å². The molecule has 3 aromatic rings. The lowest BCUT2D eigenvalue weighted by atomic mass is 10.0. The Bertz CT molecular complexity index is 1340. The van der Waals surface area contributed by atoms with Crippen LogP contribution in [0.3, 0.4) is 0 Å². The molecule has 4 rings (SSSR count). The van der Waals surface area contributed by atoms with Crippen LogP contribution in [0.5, 0.6) is 0 Å². The zero-order chi connectivity index (χ0) is 28.7. The second kappa shape index (κ2) is 13.1. The molecule has 1 fully saturated rings. The first-order valence-corrected chi connectivity index (χ1v) is 13.0. The molecule has 12 heteroatoms. The van der Waals surface area contributed by atoms with Crippen molar-refractivity contribution in [2.45, 2.75) is 28.3 Å². The fourth-order valence-corrected chi connectivity index (χ4v) is 3.95. The fraction of sp³-hybridized carbons (Fsp3) is 0.214. The lowest BCUT2D eigenvalue weighted by Gasteiger charge is -2.41. The minimum Gasteiger partial charge on any atom is -0.452 e. The average Bonchev–Trinajstić information content (AvgIpc) is 2.96. The van der Waals surface area contributed by atoms with E-state index in [-0.39, 0.29) is 23.3 Å². The third-order valence-electron chi connectivity index (χ3n) is 5.73. The fourth-order valence-electron chi connectivity index (χ4n) is 3.79. The zero-order valence-corrected chi connectivity index (χ0v) is 22.8. The Hall–Kier alpha value is -3.63. The van der Waals surface area contributed by atoms with Crippen molar-refractivity contribution >= 4 is 58.6 Å². The zero-order valence-electron chi connectivity index (χ0n) is 20.6. The quantitative estimate of drug-likeness (QED) is 0.237. The van der Waals surface area contributed by atoms with Gasteiger partial charge < -0.3 is 24.3 Å². The summed E-state index contributed by atoms with van der Waals surface area (Å²) in [7, 11) is 0. The summed E-state index contributed by atoms with van der Waals surface area (Å²) in [5.74, 6) is -3.47. The van der Waals surface area contributed by atoms with Crippen molar-refractivity contribution in [3.63, 3.8) is 0 Å². The van der Waals surface area contributed by atoms with Gasteiger partial charge in [0.05, 0.1) is 23.3 Å². The first-order chi connectivity index (χ1) is 19.1. The molecule has 0 unspecified atom stereocenters. The van der Waals surface area contributed by atoms with Crippen molar-refractivity contribution < 1.29 is 38.1 Å². The maximum Gasteiger partial charge on any atom is 0.338 e. The Morgan fingerprint density at radius 3 is 1.48 bits per heavy atom. The summed E-state index contributed by atoms with van der Waals surface area (Å²) in [6.45, 7) is -0.366. The Morgan fingerprint density at radius 2 is 1.05 bits per heavy atom. The van der Waals surface area contributed by atoms with E-state index in [0.717, 1.165) is 0 Å². The van der Waals surface area contributed by atoms with Crippen molar-refractivity contribution in [2.75, 3.05) is 6.61 Å². The molecule has 208 valence electrons. The SMILES string of the molecule is O=C(O[C@@H]1[C@@H](OC(=O)c2ccccc2)[C@@H](NC(=O)C(Cl)(Cl)Cl)OC[C@@H]1OC(=O)c1ccccc1)c1ccccc1. The van der Waals surface area contributed by atoms with Gasteiger partial charge in [-0.05, 0) is 36.4 Å². The van der Waals surface area contributed by atoms with E-state index >= 15 is 0 Å². The molecule has 1 aliphatic rings. The molecule has 0 radical (unpaired) electrons. The normalized spacial score (nSPS) is 20.6. The summed E-state index contributed by atoms with van der Waals surface area (Å²) >= 11 is 17.2. The highest BCUT2D eigenvalue weighted by atomic mass is 35.6. The number of carbonyl (C=O) groups is 4. The second-order valence-electron chi connectivity index (χ2n) is 8.51. The Kier molecular flexibility index (Phi) is 9.65. The topological polar surface area (TPSA) is 117 Å². The predicted octanol–water partition coefficient (Wildman–Crippen LogP) is 4.51. The second-order valence-corrected chi connectivity index (χ2v) is 10.8. The molecule has 0 aliphatic carbocycles. The van der Waals surface area contributed by atoms with E-state index in [4.69, 9.17) is 53.8 Å². The van der Waals surface area contributed by atoms with E-state index in [1.54, 1.807) is 54.6 Å². The Labute approximate surface area is 244 Å². The first-order valence-electron chi connectivity index (χ1n) is 11.9. The number of halogens is 3. The van der Waals surface area contributed by atoms with Crippen LogP contribution in [-0.4, -0.2) is 58.8 Å². The van der Waals surface area contributed by atoms with Crippen LogP contribution in [-0.2, 0) is 23.7 Å². The van der Waals surface area contributed by atoms with Gasteiger partial charge >= 0.3 is 17.9 Å². The molecule has 4 atom stereocenters. The third-order valence-corrected chi connectivity index (χ3v) is 6.25. The molecule has 3 aromatic carbocycles. The van der Waals surface area contributed by atoms with Crippen molar-refractivity contribution in [1.29, 1.82) is 0 Å². The molecule has 0 saturated carbocycles. The monoisotopic (exact) mass is 605 g/mol. The number of ether oxygens (including phenoxy) is 4. The number of amides is 1. The molecule has 40 heavy (non-hydrogen) atoms. The number of hydrogen-bond acceptors (Lipinski definition) is 8. The van der Waals surface area contributed by atoms with Crippen LogP contribution in [0, 0.1) is 0 Å². The molecule has 1 amide bonds. The van der Waals surface area contributed by atoms with Crippen molar-refractivity contribution in [3.05, 3.63) is 108 Å². The number of hydrogen-bond donors (Lipinski definition) is 1. The first kappa shape index (κ1) is 29.4. The van der Waals surface area contributed by atoms with Gasteiger partial charge in [0.2, 0.25) is 0 Å². The van der Waals surface area contributed by atoms with Gasteiger partial charge in [-0.25, -0.2) is 14.4 Å². The number of esters is 3. The van der Waals surface area contributed by atoms with Crippen LogP contribution < -0.4 is 5.32 Å². The van der Waals surface area contributed by atoms with Crippen LogP contribution >= 0.6 is 34.8 Å². The third kappa shape index (κ3) is 7.51. The van der Waals surface area contributed by atoms with E-state index in [1.165, 1.54) is 36.4 Å². The Morgan fingerprint density at radius 1 is 0.650 bits per heavy atom. The molecule has 0 spiro atoms. The van der Waals surface area contributed by atoms with Gasteiger partial charge in [0.25, 0.3) is 9.70 Å². The minimum absolute atomic E-state index is 0.158. The van der Waals surface area contributed by atoms with Crippen LogP contribution in [0.1, 0.15) is 31.1 Å². The summed E-state index contributed by atoms with van der Waals surface area (Å²) in [5, 5.41) is 2.35. The lowest BCUT2D eigenvalue weighted by Crippen LogP contribution is -2.63. The maximum absolute atomic E-state index is 13.1. The largest absolute Gasteiger partial charge is 0.452 e. The number of carbonyl (C=O) groups excluding carboxylic acids is 4. The van der Waals surface area contributed by atoms with Crippen molar-refractivity contribution in [3.8, 4) is 0 Å². The number of benzene rings is 3. The van der Waals surface area contributed by atoms with Gasteiger partial charge in [-0.3, -0.25) is 4.79 Å². The number of rotatable bonds is 7. The van der Waals surface area contributed by atoms with Gasteiger partial charge in [0.1, 0.15) is 0 Å². The average molecular weight is 607 g/mol. The van der Waals surface area contributed by atoms with Crippen LogP contribution in [0.2, 0.25) is 0 Å². The lowest BCUT2D eigenvalue weighted by molar-refractivity contribution is -0.198. The highest BCUT2D eigenvalue weighted by molar-refractivity contribution is 6.76. The summed E-state index contributed by atoms with van der Waals surface area (Å²) < 4.78 is 20.4. The molecule has 1 saturated heterocycles. The smallest absolute Gasteiger partial charge is 0.338 e. The number of alkyl halides is 3. The van der Waals surface area contributed by atoms with Crippen LogP contribution in [0.4, 0.5) is 0 Å². The maximum atomic E-state index is 13.1. The van der Waals surface area contributed by atoms with Crippen LogP contribution in [0.15, 0.2) is 91.0 Å². The molecular formula is C28H22Cl3NO8. The summed E-state index contributed by atoms with van der Waals surface area (Å²) in [4.78, 5) is 51.6. The van der Waals surface area contributed by atoms with E-state index < -0.39 is 52.1 Å². The molecule has 9 nitrogen and oxygen atoms in total. The molecule has 1 heterocycles. The van der Waals surface area contributed by atoms with E-state index in [0.29, 0.717) is 0 Å². The molecule has 1 N–H and O–H groups in total. The number of nitrogens with one attached hydrogen (secondary N) is 1. The summed E-state index contributed by atoms with van der Waals surface area (Å²) in [6, 6.07) is 24.0. The van der Waals surface area contributed by atoms with Gasteiger partial charge in [-0.2, -0.15) is 0 Å². The predicted molar refractivity (Wildman–Crippen MR) is 145 cm³/mol. The van der Waals surface area contributed by atoms with Crippen LogP contribution in [0.25, 0.3) is 0 Å². The standard InChI is InChI=1S/C28H22Cl3NO8/c29-28(30,31)27(36)32-23-22(40-26(35)19-14-8-3-9-15-19)21(39-25(34)18-12-6-2-7-13-18)20(16-37-23)38-24(33)17-10-4-1-5-11-17/h1-15,20-23H,16H2,(H,32,36)/t20-,21-,22+,23-/m0/s1. The van der Waals surface area contributed by atoms with Crippen molar-refractivity contribution in [2.24, 2.45) is 0 Å². The highest BCUT2D eigenvalue weighted by Crippen LogP contribution is 2.29. The Balaban J connectivity index is 1.68. The molecule has 0 aromatic heterocycles. The molecule has 1 aliphatic heterocycles. The minimum atomic E-state index is -2.38. The molecule has 0 bridgehead atoms. The van der Waals surface area contributed by atoms with Gasteiger partial charge in [0.15, 0.2) is 24.5 Å². The summed E-state index contributed by atoms with van der Waals surface area (Å²) in [5.41, 5.74) is 0.558. The highest BCUT2D eigenvalue weighted by Gasteiger charge is 2.49.